The van der Waals surface area contributed by atoms with E-state index >= 15 is 0 Å². The normalized spacial score (nSPS) is 12.8. The highest BCUT2D eigenvalue weighted by atomic mass is 35.5. The lowest BCUT2D eigenvalue weighted by atomic mass is 10.1. The molecule has 0 aliphatic rings. The van der Waals surface area contributed by atoms with Crippen molar-refractivity contribution in [3.63, 3.8) is 0 Å². The Morgan fingerprint density at radius 3 is 2.17 bits per heavy atom. The third-order valence-corrected chi connectivity index (χ3v) is 5.96. The summed E-state index contributed by atoms with van der Waals surface area (Å²) in [7, 11) is 0. The number of rotatable bonds is 10. The van der Waals surface area contributed by atoms with E-state index in [1.54, 1.807) is 23.1 Å². The van der Waals surface area contributed by atoms with Gasteiger partial charge in [0.05, 0.1) is 0 Å². The molecule has 0 saturated carbocycles. The third kappa shape index (κ3) is 6.75. The molecule has 2 aromatic rings. The van der Waals surface area contributed by atoms with Crippen molar-refractivity contribution < 1.29 is 9.59 Å². The van der Waals surface area contributed by atoms with Crippen molar-refractivity contribution in [2.24, 2.45) is 0 Å². The van der Waals surface area contributed by atoms with E-state index in [1.165, 1.54) is 0 Å². The first-order chi connectivity index (χ1) is 14.4. The molecule has 2 rings (SSSR count). The van der Waals surface area contributed by atoms with Crippen LogP contribution in [0.4, 0.5) is 0 Å². The van der Waals surface area contributed by atoms with Gasteiger partial charge in [-0.25, -0.2) is 0 Å². The molecule has 2 amide bonds. The number of aryl methyl sites for hydroxylation is 1. The van der Waals surface area contributed by atoms with Crippen LogP contribution in [0.1, 0.15) is 51.2 Å². The van der Waals surface area contributed by atoms with Crippen molar-refractivity contribution in [1.82, 2.24) is 10.2 Å². The van der Waals surface area contributed by atoms with Gasteiger partial charge in [0, 0.05) is 34.6 Å². The van der Waals surface area contributed by atoms with Gasteiger partial charge in [0.15, 0.2) is 0 Å². The minimum Gasteiger partial charge on any atom is -0.352 e. The lowest BCUT2D eigenvalue weighted by Gasteiger charge is -2.32. The number of nitrogens with zero attached hydrogens (tertiary/aromatic N) is 1. The van der Waals surface area contributed by atoms with Crippen molar-refractivity contribution in [2.45, 2.75) is 65.1 Å². The van der Waals surface area contributed by atoms with Crippen LogP contribution in [-0.2, 0) is 22.6 Å². The van der Waals surface area contributed by atoms with Gasteiger partial charge in [-0.2, -0.15) is 0 Å². The van der Waals surface area contributed by atoms with Crippen LogP contribution in [0, 0.1) is 0 Å². The van der Waals surface area contributed by atoms with E-state index in [4.69, 9.17) is 23.2 Å². The Morgan fingerprint density at radius 2 is 1.60 bits per heavy atom. The first-order valence-electron chi connectivity index (χ1n) is 10.4. The molecule has 0 aliphatic carbocycles. The highest BCUT2D eigenvalue weighted by Gasteiger charge is 2.30. The fourth-order valence-electron chi connectivity index (χ4n) is 3.25. The van der Waals surface area contributed by atoms with Gasteiger partial charge < -0.3 is 10.2 Å². The molecule has 0 radical (unpaired) electrons. The van der Waals surface area contributed by atoms with Crippen LogP contribution in [0.15, 0.2) is 48.5 Å². The fraction of sp³-hybridized carbons (Fsp3) is 0.417. The Kier molecular flexibility index (Phi) is 9.67. The summed E-state index contributed by atoms with van der Waals surface area (Å²) in [5.41, 5.74) is 1.74. The maximum atomic E-state index is 13.3. The third-order valence-electron chi connectivity index (χ3n) is 5.25. The summed E-state index contributed by atoms with van der Waals surface area (Å²) in [5, 5.41) is 3.98. The zero-order valence-electron chi connectivity index (χ0n) is 17.8. The van der Waals surface area contributed by atoms with E-state index in [0.717, 1.165) is 12.0 Å². The number of hydrogen-bond acceptors (Lipinski definition) is 2. The van der Waals surface area contributed by atoms with Crippen LogP contribution in [0.25, 0.3) is 0 Å². The molecule has 0 spiro atoms. The number of benzene rings is 2. The van der Waals surface area contributed by atoms with Gasteiger partial charge in [0.2, 0.25) is 11.8 Å². The van der Waals surface area contributed by atoms with Crippen molar-refractivity contribution in [3.05, 3.63) is 69.7 Å². The molecule has 2 unspecified atom stereocenters. The Balaban J connectivity index is 2.27. The van der Waals surface area contributed by atoms with Crippen LogP contribution >= 0.6 is 23.2 Å². The highest BCUT2D eigenvalue weighted by molar-refractivity contribution is 6.36. The second kappa shape index (κ2) is 12.0. The Labute approximate surface area is 189 Å². The van der Waals surface area contributed by atoms with Gasteiger partial charge >= 0.3 is 0 Å². The lowest BCUT2D eigenvalue weighted by molar-refractivity contribution is -0.141. The summed E-state index contributed by atoms with van der Waals surface area (Å²) < 4.78 is 0. The summed E-state index contributed by atoms with van der Waals surface area (Å²) in [5.74, 6) is -0.246. The van der Waals surface area contributed by atoms with Gasteiger partial charge in [-0.15, -0.1) is 0 Å². The molecule has 30 heavy (non-hydrogen) atoms. The maximum absolute atomic E-state index is 13.3. The van der Waals surface area contributed by atoms with Crippen molar-refractivity contribution >= 4 is 35.0 Å². The largest absolute Gasteiger partial charge is 0.352 e. The topological polar surface area (TPSA) is 49.4 Å². The standard InChI is InChI=1S/C24H30Cl2N2O2/c1-4-17(3)27-24(30)22(5-2)28(16-19-20(25)12-9-13-21(19)26)23(29)15-14-18-10-7-6-8-11-18/h6-13,17,22H,4-5,14-16H2,1-3H3,(H,27,30). The second-order valence-corrected chi connectivity index (χ2v) is 8.26. The van der Waals surface area contributed by atoms with E-state index in [9.17, 15) is 9.59 Å². The second-order valence-electron chi connectivity index (χ2n) is 7.45. The van der Waals surface area contributed by atoms with Crippen molar-refractivity contribution in [1.29, 1.82) is 0 Å². The quantitative estimate of drug-likeness (QED) is 0.510. The molecule has 0 aliphatic heterocycles. The number of amides is 2. The fourth-order valence-corrected chi connectivity index (χ4v) is 3.77. The van der Waals surface area contributed by atoms with Crippen LogP contribution in [-0.4, -0.2) is 28.8 Å². The van der Waals surface area contributed by atoms with E-state index in [-0.39, 0.29) is 24.4 Å². The van der Waals surface area contributed by atoms with Crippen LogP contribution in [0.5, 0.6) is 0 Å². The summed E-state index contributed by atoms with van der Waals surface area (Å²) in [4.78, 5) is 27.8. The Hall–Kier alpha value is -2.04. The summed E-state index contributed by atoms with van der Waals surface area (Å²) in [6.07, 6.45) is 2.23. The molecule has 162 valence electrons. The molecule has 2 aromatic carbocycles. The molecule has 6 heteroatoms. The smallest absolute Gasteiger partial charge is 0.243 e. The molecule has 2 atom stereocenters. The number of halogens is 2. The van der Waals surface area contributed by atoms with Gasteiger partial charge in [-0.3, -0.25) is 9.59 Å². The number of carbonyl (C=O) groups is 2. The predicted octanol–water partition coefficient (Wildman–Crippen LogP) is 5.65. The van der Waals surface area contributed by atoms with Crippen molar-refractivity contribution in [2.75, 3.05) is 0 Å². The van der Waals surface area contributed by atoms with Gasteiger partial charge in [0.1, 0.15) is 6.04 Å². The van der Waals surface area contributed by atoms with E-state index in [1.807, 2.05) is 51.1 Å². The predicted molar refractivity (Wildman–Crippen MR) is 124 cm³/mol. The number of hydrogen-bond donors (Lipinski definition) is 1. The molecule has 0 fully saturated rings. The summed E-state index contributed by atoms with van der Waals surface area (Å²) in [6, 6.07) is 14.6. The van der Waals surface area contributed by atoms with Crippen LogP contribution in [0.3, 0.4) is 0 Å². The first-order valence-corrected chi connectivity index (χ1v) is 11.2. The minimum absolute atomic E-state index is 0.0386. The summed E-state index contributed by atoms with van der Waals surface area (Å²) in [6.45, 7) is 6.07. The van der Waals surface area contributed by atoms with E-state index in [0.29, 0.717) is 34.9 Å². The molecule has 0 aromatic heterocycles. The zero-order valence-corrected chi connectivity index (χ0v) is 19.3. The molecule has 0 bridgehead atoms. The monoisotopic (exact) mass is 448 g/mol. The molecule has 0 saturated heterocycles. The summed E-state index contributed by atoms with van der Waals surface area (Å²) >= 11 is 12.7. The number of carbonyl (C=O) groups excluding carboxylic acids is 2. The maximum Gasteiger partial charge on any atom is 0.243 e. The molecular formula is C24H30Cl2N2O2. The first kappa shape index (κ1) is 24.2. The molecule has 4 nitrogen and oxygen atoms in total. The van der Waals surface area contributed by atoms with Gasteiger partial charge in [0.25, 0.3) is 0 Å². The lowest BCUT2D eigenvalue weighted by Crippen LogP contribution is -2.50. The number of nitrogens with one attached hydrogen (secondary N) is 1. The van der Waals surface area contributed by atoms with Gasteiger partial charge in [-0.1, -0.05) is 73.4 Å². The average molecular weight is 449 g/mol. The Morgan fingerprint density at radius 1 is 0.967 bits per heavy atom. The van der Waals surface area contributed by atoms with Crippen LogP contribution in [0.2, 0.25) is 10.0 Å². The van der Waals surface area contributed by atoms with E-state index < -0.39 is 6.04 Å². The zero-order chi connectivity index (χ0) is 22.1. The SMILES string of the molecule is CCC(C)NC(=O)C(CC)N(Cc1c(Cl)cccc1Cl)C(=O)CCc1ccccc1. The molecular weight excluding hydrogens is 419 g/mol. The Bertz CT molecular complexity index is 822. The average Bonchev–Trinajstić information content (AvgIpc) is 2.74. The van der Waals surface area contributed by atoms with Crippen molar-refractivity contribution in [3.8, 4) is 0 Å². The van der Waals surface area contributed by atoms with Crippen LogP contribution < -0.4 is 5.32 Å². The minimum atomic E-state index is -0.588. The molecule has 1 N–H and O–H groups in total. The van der Waals surface area contributed by atoms with Gasteiger partial charge in [-0.05, 0) is 43.9 Å². The van der Waals surface area contributed by atoms with E-state index in [2.05, 4.69) is 5.32 Å². The molecule has 0 heterocycles. The highest BCUT2D eigenvalue weighted by Crippen LogP contribution is 2.27.